The molecule has 14 nitrogen and oxygen atoms in total. The molecule has 9 rings (SSSR count). The van der Waals surface area contributed by atoms with Crippen LogP contribution in [0.4, 0.5) is 5.69 Å². The van der Waals surface area contributed by atoms with Gasteiger partial charge in [0.2, 0.25) is 11.8 Å². The maximum absolute atomic E-state index is 13.7. The zero-order valence-electron chi connectivity index (χ0n) is 34.7. The number of fused-ring (bicyclic) bond motifs is 2. The topological polar surface area (TPSA) is 169 Å². The van der Waals surface area contributed by atoms with Crippen molar-refractivity contribution < 1.29 is 28.7 Å². The first-order valence-electron chi connectivity index (χ1n) is 21.0. The molecule has 3 aromatic rings. The first kappa shape index (κ1) is 40.6. The van der Waals surface area contributed by atoms with Crippen molar-refractivity contribution >= 4 is 46.8 Å². The quantitative estimate of drug-likeness (QED) is 0.263. The van der Waals surface area contributed by atoms with Crippen molar-refractivity contribution in [3.63, 3.8) is 0 Å². The summed E-state index contributed by atoms with van der Waals surface area (Å²) >= 11 is 6.29. The maximum atomic E-state index is 13.7. The van der Waals surface area contributed by atoms with E-state index in [0.29, 0.717) is 51.6 Å². The highest BCUT2D eigenvalue weighted by molar-refractivity contribution is 6.31. The Labute approximate surface area is 359 Å². The second kappa shape index (κ2) is 15.3. The third kappa shape index (κ3) is 7.00. The normalized spacial score (nSPS) is 26.8. The molecule has 2 aliphatic carbocycles. The van der Waals surface area contributed by atoms with Gasteiger partial charge < -0.3 is 14.5 Å². The first-order chi connectivity index (χ1) is 29.1. The van der Waals surface area contributed by atoms with E-state index < -0.39 is 40.5 Å². The van der Waals surface area contributed by atoms with Crippen LogP contribution < -0.4 is 15.0 Å². The lowest BCUT2D eigenvalue weighted by atomic mass is 9.49. The third-order valence-corrected chi connectivity index (χ3v) is 14.0. The number of carbonyl (C=O) groups is 5. The van der Waals surface area contributed by atoms with Crippen LogP contribution in [0.2, 0.25) is 5.02 Å². The van der Waals surface area contributed by atoms with Crippen LogP contribution in [-0.2, 0) is 16.1 Å². The second-order valence-corrected chi connectivity index (χ2v) is 18.7. The van der Waals surface area contributed by atoms with Gasteiger partial charge in [-0.05, 0) is 68.4 Å². The number of hydrogen-bond acceptors (Lipinski definition) is 11. The van der Waals surface area contributed by atoms with Gasteiger partial charge in [-0.25, -0.2) is 9.97 Å². The Morgan fingerprint density at radius 1 is 0.869 bits per heavy atom. The van der Waals surface area contributed by atoms with Crippen LogP contribution in [0.3, 0.4) is 0 Å². The maximum Gasteiger partial charge on any atom is 0.275 e. The fourth-order valence-electron chi connectivity index (χ4n) is 11.1. The number of carbonyl (C=O) groups excluding carboxylic acids is 5. The van der Waals surface area contributed by atoms with E-state index >= 15 is 0 Å². The van der Waals surface area contributed by atoms with E-state index in [4.69, 9.17) is 21.3 Å². The summed E-state index contributed by atoms with van der Waals surface area (Å²) in [5, 5.41) is 11.8. The lowest BCUT2D eigenvalue weighted by Crippen LogP contribution is -2.74. The molecule has 5 amide bonds. The number of piperazine rings is 1. The van der Waals surface area contributed by atoms with Crippen LogP contribution in [0, 0.1) is 39.9 Å². The molecule has 1 atom stereocenters. The minimum atomic E-state index is -0.983. The Morgan fingerprint density at radius 2 is 1.59 bits per heavy atom. The molecule has 0 spiro atoms. The molecule has 0 bridgehead atoms. The molecule has 61 heavy (non-hydrogen) atoms. The monoisotopic (exact) mass is 842 g/mol. The Balaban J connectivity index is 0.770. The van der Waals surface area contributed by atoms with Crippen molar-refractivity contribution in [2.24, 2.45) is 16.7 Å². The Kier molecular flexibility index (Phi) is 10.2. The van der Waals surface area contributed by atoms with Crippen molar-refractivity contribution in [2.75, 3.05) is 31.1 Å². The summed E-state index contributed by atoms with van der Waals surface area (Å²) in [6.45, 7) is 12.1. The van der Waals surface area contributed by atoms with Gasteiger partial charge >= 0.3 is 0 Å². The van der Waals surface area contributed by atoms with Crippen LogP contribution in [0.25, 0.3) is 0 Å². The zero-order valence-corrected chi connectivity index (χ0v) is 35.4. The number of anilines is 1. The standard InChI is InChI=1S/C46H47ClN8O6/c1-45(2)43(46(3,4)44(45)61-31-13-8-27(23-48)34(47)22-31)54-25-35-38(42(54)60)49-24-28(50-35)9-5-26-6-10-29(11-7-26)52-17-19-53(20-18-52)30-12-14-32-33(21-30)41(59)55(40(32)58)36-15-16-37(56)51-39(36)57/h8,12-14,21-22,24,26,29,36,43-44H,6-7,10-11,15-20,25H2,1-4H3,(H,51,56,57). The molecule has 15 heteroatoms. The van der Waals surface area contributed by atoms with E-state index in [1.807, 2.05) is 11.0 Å². The van der Waals surface area contributed by atoms with Gasteiger partial charge in [0, 0.05) is 73.2 Å². The number of rotatable bonds is 6. The van der Waals surface area contributed by atoms with Crippen molar-refractivity contribution in [1.82, 2.24) is 30.0 Å². The number of halogens is 1. The summed E-state index contributed by atoms with van der Waals surface area (Å²) in [6, 6.07) is 11.8. The Morgan fingerprint density at radius 3 is 2.28 bits per heavy atom. The third-order valence-electron chi connectivity index (χ3n) is 13.7. The molecule has 1 N–H and O–H groups in total. The minimum Gasteiger partial charge on any atom is -0.489 e. The summed E-state index contributed by atoms with van der Waals surface area (Å²) in [4.78, 5) is 81.4. The highest BCUT2D eigenvalue weighted by Gasteiger charge is 2.67. The number of nitriles is 1. The molecule has 2 aromatic carbocycles. The lowest BCUT2D eigenvalue weighted by Gasteiger charge is -2.65. The van der Waals surface area contributed by atoms with Crippen molar-refractivity contribution in [1.29, 1.82) is 5.26 Å². The zero-order chi connectivity index (χ0) is 43.0. The van der Waals surface area contributed by atoms with E-state index in [9.17, 15) is 29.2 Å². The van der Waals surface area contributed by atoms with Crippen LogP contribution in [0.1, 0.15) is 114 Å². The van der Waals surface area contributed by atoms with Gasteiger partial charge in [0.15, 0.2) is 5.69 Å². The number of nitrogens with one attached hydrogen (secondary N) is 1. The van der Waals surface area contributed by atoms with Crippen molar-refractivity contribution in [2.45, 2.75) is 97.0 Å². The van der Waals surface area contributed by atoms with E-state index in [0.717, 1.165) is 62.4 Å². The molecule has 1 aromatic heterocycles. The minimum absolute atomic E-state index is 0.0845. The number of piperidine rings is 1. The average Bonchev–Trinajstić information content (AvgIpc) is 3.68. The molecule has 2 saturated carbocycles. The summed E-state index contributed by atoms with van der Waals surface area (Å²) < 4.78 is 6.45. The highest BCUT2D eigenvalue weighted by atomic mass is 35.5. The molecule has 4 aliphatic heterocycles. The SMILES string of the molecule is CC1(C)C(Oc2ccc(C#N)c(Cl)c2)C(C)(C)C1N1Cc2nc(C#CC3CCC(N4CCN(c5ccc6c(c5)C(=O)N(C5CCC(=O)NC5=O)C6=O)CC4)CC3)cnc2C1=O. The molecule has 1 unspecified atom stereocenters. The molecular weight excluding hydrogens is 796 g/mol. The molecule has 0 radical (unpaired) electrons. The molecule has 4 fully saturated rings. The molecule has 2 saturated heterocycles. The van der Waals surface area contributed by atoms with Gasteiger partial charge in [0.25, 0.3) is 17.7 Å². The fraction of sp³-hybridized carbons (Fsp3) is 0.478. The first-order valence-corrected chi connectivity index (χ1v) is 21.4. The van der Waals surface area contributed by atoms with E-state index in [2.05, 4.69) is 65.7 Å². The molecular formula is C46H47ClN8O6. The number of amides is 5. The summed E-state index contributed by atoms with van der Waals surface area (Å²) in [5.41, 5.74) is 2.64. The number of ether oxygens (including phenoxy) is 1. The van der Waals surface area contributed by atoms with Gasteiger partial charge in [-0.1, -0.05) is 45.2 Å². The lowest BCUT2D eigenvalue weighted by molar-refractivity contribution is -0.199. The summed E-state index contributed by atoms with van der Waals surface area (Å²) in [6.07, 6.45) is 5.66. The van der Waals surface area contributed by atoms with Gasteiger partial charge in [-0.3, -0.25) is 39.1 Å². The summed E-state index contributed by atoms with van der Waals surface area (Å²) in [5.74, 6) is 5.42. The van der Waals surface area contributed by atoms with Crippen LogP contribution in [-0.4, -0.2) is 105 Å². The highest BCUT2D eigenvalue weighted by Crippen LogP contribution is 2.59. The van der Waals surface area contributed by atoms with Gasteiger partial charge in [-0.15, -0.1) is 0 Å². The van der Waals surface area contributed by atoms with Gasteiger partial charge in [-0.2, -0.15) is 5.26 Å². The fourth-order valence-corrected chi connectivity index (χ4v) is 11.3. The van der Waals surface area contributed by atoms with Crippen LogP contribution >= 0.6 is 11.6 Å². The number of imide groups is 2. The molecule has 5 heterocycles. The largest absolute Gasteiger partial charge is 0.489 e. The predicted octanol–water partition coefficient (Wildman–Crippen LogP) is 4.97. The van der Waals surface area contributed by atoms with E-state index in [-0.39, 0.29) is 42.4 Å². The van der Waals surface area contributed by atoms with E-state index in [1.54, 1.807) is 36.5 Å². The number of hydrogen-bond donors (Lipinski definition) is 1. The second-order valence-electron chi connectivity index (χ2n) is 18.3. The predicted molar refractivity (Wildman–Crippen MR) is 223 cm³/mol. The molecule has 6 aliphatic rings. The number of nitrogens with zero attached hydrogens (tertiary/aromatic N) is 7. The van der Waals surface area contributed by atoms with Crippen LogP contribution in [0.15, 0.2) is 42.6 Å². The number of benzene rings is 2. The van der Waals surface area contributed by atoms with Gasteiger partial charge in [0.1, 0.15) is 29.7 Å². The average molecular weight is 843 g/mol. The number of aromatic nitrogens is 2. The smallest absolute Gasteiger partial charge is 0.275 e. The van der Waals surface area contributed by atoms with Gasteiger partial charge in [0.05, 0.1) is 40.1 Å². The molecule has 314 valence electrons. The van der Waals surface area contributed by atoms with E-state index in [1.165, 1.54) is 0 Å². The Hall–Kier alpha value is -5.83. The van der Waals surface area contributed by atoms with Crippen molar-refractivity contribution in [3.8, 4) is 23.7 Å². The Bertz CT molecular complexity index is 2470. The van der Waals surface area contributed by atoms with Crippen molar-refractivity contribution in [3.05, 3.63) is 81.4 Å². The van der Waals surface area contributed by atoms with Crippen LogP contribution in [0.5, 0.6) is 5.75 Å². The summed E-state index contributed by atoms with van der Waals surface area (Å²) in [7, 11) is 0.